The molecule has 2 aromatic rings. The van der Waals surface area contributed by atoms with E-state index in [0.29, 0.717) is 5.52 Å². The fourth-order valence-electron chi connectivity index (χ4n) is 1.88. The zero-order valence-electron chi connectivity index (χ0n) is 10.4. The Bertz CT molecular complexity index is 721. The molecule has 0 atom stereocenters. The van der Waals surface area contributed by atoms with Gasteiger partial charge in [0.05, 0.1) is 22.5 Å². The van der Waals surface area contributed by atoms with E-state index in [-0.39, 0.29) is 17.0 Å². The number of hydrogen-bond acceptors (Lipinski definition) is 4. The van der Waals surface area contributed by atoms with Crippen LogP contribution in [0.15, 0.2) is 16.9 Å². The molecule has 0 saturated carbocycles. The fourth-order valence-corrected chi connectivity index (χ4v) is 2.12. The lowest BCUT2D eigenvalue weighted by Crippen LogP contribution is -2.20. The van der Waals surface area contributed by atoms with Gasteiger partial charge in [-0.3, -0.25) is 4.79 Å². The summed E-state index contributed by atoms with van der Waals surface area (Å²) < 4.78 is 4.75. The van der Waals surface area contributed by atoms with E-state index in [1.54, 1.807) is 26.0 Å². The smallest absolute Gasteiger partial charge is 0.347 e. The first kappa shape index (κ1) is 13.4. The third-order valence-corrected chi connectivity index (χ3v) is 3.10. The number of aromatic nitrogens is 1. The van der Waals surface area contributed by atoms with Crippen molar-refractivity contribution < 1.29 is 14.6 Å². The van der Waals surface area contributed by atoms with Gasteiger partial charge >= 0.3 is 5.97 Å². The fraction of sp³-hybridized carbons (Fsp3) is 0.231. The predicted molar refractivity (Wildman–Crippen MR) is 71.9 cm³/mol. The normalized spacial score (nSPS) is 10.7. The van der Waals surface area contributed by atoms with Crippen molar-refractivity contribution >= 4 is 28.5 Å². The van der Waals surface area contributed by atoms with Crippen LogP contribution >= 0.6 is 11.6 Å². The van der Waals surface area contributed by atoms with Gasteiger partial charge in [0.1, 0.15) is 5.75 Å². The van der Waals surface area contributed by atoms with Crippen LogP contribution in [-0.2, 0) is 4.74 Å². The van der Waals surface area contributed by atoms with Gasteiger partial charge in [0.2, 0.25) is 0 Å². The van der Waals surface area contributed by atoms with Crippen molar-refractivity contribution in [1.29, 1.82) is 0 Å². The van der Waals surface area contributed by atoms with Gasteiger partial charge in [-0.1, -0.05) is 17.7 Å². The van der Waals surface area contributed by atoms with Gasteiger partial charge in [-0.15, -0.1) is 0 Å². The molecule has 5 nitrogen and oxygen atoms in total. The van der Waals surface area contributed by atoms with E-state index in [1.165, 1.54) is 0 Å². The van der Waals surface area contributed by atoms with Crippen molar-refractivity contribution in [3.05, 3.63) is 38.6 Å². The second kappa shape index (κ2) is 4.93. The molecule has 0 bridgehead atoms. The molecule has 19 heavy (non-hydrogen) atoms. The van der Waals surface area contributed by atoms with Crippen LogP contribution in [0.1, 0.15) is 22.8 Å². The molecule has 0 radical (unpaired) electrons. The second-order valence-corrected chi connectivity index (χ2v) is 4.42. The number of H-pyrrole nitrogens is 1. The van der Waals surface area contributed by atoms with Gasteiger partial charge in [-0.2, -0.15) is 0 Å². The molecule has 0 saturated heterocycles. The molecule has 2 rings (SSSR count). The monoisotopic (exact) mass is 281 g/mol. The third kappa shape index (κ3) is 2.17. The zero-order chi connectivity index (χ0) is 14.2. The van der Waals surface area contributed by atoms with Gasteiger partial charge in [-0.25, -0.2) is 4.79 Å². The number of aromatic hydroxyl groups is 1. The summed E-state index contributed by atoms with van der Waals surface area (Å²) in [4.78, 5) is 26.1. The average Bonchev–Trinajstić information content (AvgIpc) is 2.34. The number of aryl methyl sites for hydroxylation is 1. The lowest BCUT2D eigenvalue weighted by Gasteiger charge is -2.09. The van der Waals surface area contributed by atoms with Crippen LogP contribution in [0.3, 0.4) is 0 Å². The van der Waals surface area contributed by atoms with Gasteiger partial charge in [0.25, 0.3) is 5.56 Å². The van der Waals surface area contributed by atoms with Gasteiger partial charge in [0.15, 0.2) is 5.56 Å². The number of ether oxygens (including phenoxy) is 1. The molecule has 1 aromatic carbocycles. The Hall–Kier alpha value is -2.01. The van der Waals surface area contributed by atoms with Crippen LogP contribution in [0.5, 0.6) is 5.75 Å². The Morgan fingerprint density at radius 2 is 2.16 bits per heavy atom. The molecule has 1 heterocycles. The van der Waals surface area contributed by atoms with Crippen LogP contribution in [0, 0.1) is 6.92 Å². The maximum absolute atomic E-state index is 11.9. The summed E-state index contributed by atoms with van der Waals surface area (Å²) in [6.07, 6.45) is 0. The SMILES string of the molecule is CCOC(=O)c1c(O)c2c(Cl)ccc(C)c2[nH]c1=O. The van der Waals surface area contributed by atoms with E-state index >= 15 is 0 Å². The molecule has 0 aliphatic rings. The Morgan fingerprint density at radius 1 is 1.47 bits per heavy atom. The summed E-state index contributed by atoms with van der Waals surface area (Å²) in [6, 6.07) is 3.30. The molecule has 100 valence electrons. The van der Waals surface area contributed by atoms with Crippen molar-refractivity contribution in [3.63, 3.8) is 0 Å². The van der Waals surface area contributed by atoms with Crippen LogP contribution in [0.25, 0.3) is 10.9 Å². The van der Waals surface area contributed by atoms with Crippen molar-refractivity contribution in [2.45, 2.75) is 13.8 Å². The Balaban J connectivity index is 2.86. The summed E-state index contributed by atoms with van der Waals surface area (Å²) in [5.74, 6) is -1.33. The minimum absolute atomic E-state index is 0.108. The van der Waals surface area contributed by atoms with Crippen molar-refractivity contribution in [2.24, 2.45) is 0 Å². The first-order valence-electron chi connectivity index (χ1n) is 5.68. The van der Waals surface area contributed by atoms with Gasteiger partial charge in [0, 0.05) is 0 Å². The molecule has 0 amide bonds. The van der Waals surface area contributed by atoms with Crippen LogP contribution in [0.4, 0.5) is 0 Å². The lowest BCUT2D eigenvalue weighted by atomic mass is 10.1. The molecule has 0 aliphatic heterocycles. The third-order valence-electron chi connectivity index (χ3n) is 2.78. The number of fused-ring (bicyclic) bond motifs is 1. The van der Waals surface area contributed by atoms with E-state index in [1.807, 2.05) is 0 Å². The largest absolute Gasteiger partial charge is 0.506 e. The molecule has 0 unspecified atom stereocenters. The van der Waals surface area contributed by atoms with E-state index in [9.17, 15) is 14.7 Å². The number of hydrogen-bond donors (Lipinski definition) is 2. The maximum Gasteiger partial charge on any atom is 0.347 e. The highest BCUT2D eigenvalue weighted by Crippen LogP contribution is 2.33. The number of rotatable bonds is 2. The maximum atomic E-state index is 11.9. The topological polar surface area (TPSA) is 79.4 Å². The zero-order valence-corrected chi connectivity index (χ0v) is 11.2. The number of esters is 1. The predicted octanol–water partition coefficient (Wildman–Crippen LogP) is 2.37. The van der Waals surface area contributed by atoms with Crippen molar-refractivity contribution in [2.75, 3.05) is 6.61 Å². The molecule has 2 N–H and O–H groups in total. The molecular formula is C13H12ClNO4. The number of carbonyl (C=O) groups excluding carboxylic acids is 1. The molecular weight excluding hydrogens is 270 g/mol. The number of nitrogens with one attached hydrogen (secondary N) is 1. The highest BCUT2D eigenvalue weighted by molar-refractivity contribution is 6.36. The second-order valence-electron chi connectivity index (χ2n) is 4.01. The van der Waals surface area contributed by atoms with Crippen molar-refractivity contribution in [3.8, 4) is 5.75 Å². The first-order valence-corrected chi connectivity index (χ1v) is 6.06. The summed E-state index contributed by atoms with van der Waals surface area (Å²) >= 11 is 6.01. The highest BCUT2D eigenvalue weighted by atomic mass is 35.5. The molecule has 1 aromatic heterocycles. The quantitative estimate of drug-likeness (QED) is 0.828. The number of benzene rings is 1. The van der Waals surface area contributed by atoms with Crippen LogP contribution in [0.2, 0.25) is 5.02 Å². The summed E-state index contributed by atoms with van der Waals surface area (Å²) in [6.45, 7) is 3.48. The first-order chi connectivity index (χ1) is 8.97. The number of aromatic amines is 1. The van der Waals surface area contributed by atoms with Crippen LogP contribution < -0.4 is 5.56 Å². The van der Waals surface area contributed by atoms with E-state index in [0.717, 1.165) is 5.56 Å². The molecule has 0 fully saturated rings. The Kier molecular flexibility index (Phi) is 3.48. The highest BCUT2D eigenvalue weighted by Gasteiger charge is 2.22. The molecule has 0 spiro atoms. The lowest BCUT2D eigenvalue weighted by molar-refractivity contribution is 0.0521. The minimum atomic E-state index is -0.874. The van der Waals surface area contributed by atoms with E-state index in [2.05, 4.69) is 4.98 Å². The van der Waals surface area contributed by atoms with Gasteiger partial charge < -0.3 is 14.8 Å². The van der Waals surface area contributed by atoms with E-state index < -0.39 is 22.8 Å². The summed E-state index contributed by atoms with van der Waals surface area (Å²) in [5.41, 5.74) is 0.0147. The Labute approximate surface area is 113 Å². The van der Waals surface area contributed by atoms with Crippen molar-refractivity contribution in [1.82, 2.24) is 4.98 Å². The molecule has 6 heteroatoms. The minimum Gasteiger partial charge on any atom is -0.506 e. The standard InChI is InChI=1S/C13H12ClNO4/c1-3-19-13(18)9-11(16)8-7(14)5-4-6(2)10(8)15-12(9)17/h4-5H,3H2,1-2H3,(H2,15,16,17). The molecule has 0 aliphatic carbocycles. The van der Waals surface area contributed by atoms with E-state index in [4.69, 9.17) is 16.3 Å². The van der Waals surface area contributed by atoms with Gasteiger partial charge in [-0.05, 0) is 25.5 Å². The number of carbonyl (C=O) groups is 1. The average molecular weight is 282 g/mol. The number of halogens is 1. The summed E-state index contributed by atoms with van der Waals surface area (Å²) in [7, 11) is 0. The number of pyridine rings is 1. The van der Waals surface area contributed by atoms with Crippen LogP contribution in [-0.4, -0.2) is 22.7 Å². The summed E-state index contributed by atoms with van der Waals surface area (Å²) in [5, 5.41) is 10.6. The Morgan fingerprint density at radius 3 is 2.79 bits per heavy atom.